The molecule has 0 N–H and O–H groups in total. The number of esters is 4. The molecule has 2 bridgehead atoms. The second-order valence-corrected chi connectivity index (χ2v) is 9.67. The van der Waals surface area contributed by atoms with Gasteiger partial charge in [0.25, 0.3) is 17.4 Å². The quantitative estimate of drug-likeness (QED) is 0.271. The van der Waals surface area contributed by atoms with E-state index in [1.807, 2.05) is 0 Å². The van der Waals surface area contributed by atoms with E-state index in [0.29, 0.717) is 11.1 Å². The van der Waals surface area contributed by atoms with Gasteiger partial charge >= 0.3 is 23.9 Å². The van der Waals surface area contributed by atoms with Crippen LogP contribution >= 0.6 is 0 Å². The molecule has 1 spiro atoms. The highest BCUT2D eigenvalue weighted by Crippen LogP contribution is 2.61. The lowest BCUT2D eigenvalue weighted by Crippen LogP contribution is -2.66. The van der Waals surface area contributed by atoms with Gasteiger partial charge in [0, 0.05) is 12.2 Å². The maximum Gasteiger partial charge on any atom is 0.353 e. The minimum Gasteiger partial charge on any atom is -0.466 e. The number of fused-ring (bicyclic) bond motifs is 1. The highest BCUT2D eigenvalue weighted by Gasteiger charge is 2.82. The molecule has 1 saturated heterocycles. The van der Waals surface area contributed by atoms with Gasteiger partial charge in [-0.2, -0.15) is 0 Å². The van der Waals surface area contributed by atoms with Crippen LogP contribution in [0.2, 0.25) is 0 Å². The van der Waals surface area contributed by atoms with Gasteiger partial charge in [0.15, 0.2) is 0 Å². The standard InChI is InChI=1S/C30H28N2O10/c1-17-20(24(33)38-2)23(19-14-10-7-11-15-19)32-27(36)29(28(37)41-5)21(25(34)39-3)22(26(35)40-4)30(32,42-29)31(17)16-18-12-8-6-9-13-18/h6-15,23H,16H2,1-5H3/t23-,29+,30+/m0/s1. The third kappa shape index (κ3) is 3.68. The fraction of sp³-hybridized carbons (Fsp3) is 0.300. The maximum absolute atomic E-state index is 14.7. The van der Waals surface area contributed by atoms with Crippen LogP contribution in [-0.4, -0.2) is 79.5 Å². The van der Waals surface area contributed by atoms with Crippen molar-refractivity contribution in [2.45, 2.75) is 31.0 Å². The van der Waals surface area contributed by atoms with Crippen molar-refractivity contribution in [2.24, 2.45) is 0 Å². The summed E-state index contributed by atoms with van der Waals surface area (Å²) in [6.45, 7) is 1.57. The lowest BCUT2D eigenvalue weighted by atomic mass is 9.80. The SMILES string of the molecule is COC(=O)C1=C(C)N(Cc2ccccc2)[C@@]23O[C@@](C(=O)OC)(C(=O)N2[C@H]1c1ccccc1)C(C(=O)OC)=C3C(=O)OC. The average Bonchev–Trinajstić information content (AvgIpc) is 3.48. The number of hydrogen-bond donors (Lipinski definition) is 0. The highest BCUT2D eigenvalue weighted by molar-refractivity contribution is 6.23. The van der Waals surface area contributed by atoms with Gasteiger partial charge in [0.05, 0.1) is 40.1 Å². The first-order valence-electron chi connectivity index (χ1n) is 12.8. The zero-order valence-electron chi connectivity index (χ0n) is 23.5. The molecule has 3 atom stereocenters. The van der Waals surface area contributed by atoms with Crippen LogP contribution in [0.25, 0.3) is 0 Å². The van der Waals surface area contributed by atoms with Crippen molar-refractivity contribution in [1.29, 1.82) is 0 Å². The Labute approximate surface area is 241 Å². The molecular weight excluding hydrogens is 548 g/mol. The van der Waals surface area contributed by atoms with Crippen LogP contribution in [0.5, 0.6) is 0 Å². The molecule has 0 aliphatic carbocycles. The molecule has 218 valence electrons. The van der Waals surface area contributed by atoms with Crippen molar-refractivity contribution in [3.8, 4) is 0 Å². The summed E-state index contributed by atoms with van der Waals surface area (Å²) < 4.78 is 26.7. The van der Waals surface area contributed by atoms with Gasteiger partial charge in [-0.3, -0.25) is 9.69 Å². The summed E-state index contributed by atoms with van der Waals surface area (Å²) in [6.07, 6.45) is 0. The fourth-order valence-corrected chi connectivity index (χ4v) is 5.97. The fourth-order valence-electron chi connectivity index (χ4n) is 5.97. The number of allylic oxidation sites excluding steroid dienone is 1. The predicted octanol–water partition coefficient (Wildman–Crippen LogP) is 1.77. The summed E-state index contributed by atoms with van der Waals surface area (Å²) in [7, 11) is 4.35. The minimum atomic E-state index is -2.75. The van der Waals surface area contributed by atoms with Crippen molar-refractivity contribution in [2.75, 3.05) is 28.4 Å². The van der Waals surface area contributed by atoms with Crippen LogP contribution < -0.4 is 0 Å². The molecule has 2 aromatic rings. The Morgan fingerprint density at radius 1 is 0.786 bits per heavy atom. The van der Waals surface area contributed by atoms with Crippen LogP contribution in [0.1, 0.15) is 24.1 Å². The van der Waals surface area contributed by atoms with Crippen molar-refractivity contribution in [3.05, 3.63) is 94.2 Å². The zero-order valence-corrected chi connectivity index (χ0v) is 23.5. The van der Waals surface area contributed by atoms with E-state index in [1.54, 1.807) is 67.6 Å². The number of ether oxygens (including phenoxy) is 5. The van der Waals surface area contributed by atoms with Gasteiger partial charge < -0.3 is 28.6 Å². The van der Waals surface area contributed by atoms with E-state index in [1.165, 1.54) is 12.0 Å². The summed E-state index contributed by atoms with van der Waals surface area (Å²) in [5.41, 5.74) is -2.42. The lowest BCUT2D eigenvalue weighted by Gasteiger charge is -2.53. The molecule has 12 nitrogen and oxygen atoms in total. The molecule has 3 aliphatic rings. The predicted molar refractivity (Wildman–Crippen MR) is 142 cm³/mol. The molecule has 12 heteroatoms. The molecule has 42 heavy (non-hydrogen) atoms. The molecule has 1 amide bonds. The van der Waals surface area contributed by atoms with Gasteiger partial charge in [0.2, 0.25) is 0 Å². The van der Waals surface area contributed by atoms with Crippen LogP contribution in [-0.2, 0) is 54.2 Å². The van der Waals surface area contributed by atoms with Crippen molar-refractivity contribution < 1.29 is 47.7 Å². The van der Waals surface area contributed by atoms with Crippen molar-refractivity contribution in [1.82, 2.24) is 9.80 Å². The number of carbonyl (C=O) groups excluding carboxylic acids is 5. The Kier molecular flexibility index (Phi) is 7.11. The van der Waals surface area contributed by atoms with E-state index in [0.717, 1.165) is 26.2 Å². The first kappa shape index (κ1) is 28.6. The molecule has 0 unspecified atom stereocenters. The molecule has 3 heterocycles. The second kappa shape index (κ2) is 10.5. The summed E-state index contributed by atoms with van der Waals surface area (Å²) in [5, 5.41) is 0. The van der Waals surface area contributed by atoms with Crippen LogP contribution in [0.3, 0.4) is 0 Å². The summed E-state index contributed by atoms with van der Waals surface area (Å²) in [4.78, 5) is 71.3. The number of methoxy groups -OCH3 is 4. The monoisotopic (exact) mass is 576 g/mol. The molecule has 5 rings (SSSR count). The van der Waals surface area contributed by atoms with Crippen molar-refractivity contribution in [3.63, 3.8) is 0 Å². The minimum absolute atomic E-state index is 0.0370. The first-order chi connectivity index (χ1) is 20.1. The third-order valence-corrected chi connectivity index (χ3v) is 7.72. The number of benzene rings is 2. The topological polar surface area (TPSA) is 138 Å². The smallest absolute Gasteiger partial charge is 0.353 e. The summed E-state index contributed by atoms with van der Waals surface area (Å²) in [5.74, 6) is -7.53. The number of hydrogen-bond acceptors (Lipinski definition) is 11. The van der Waals surface area contributed by atoms with Crippen LogP contribution in [0.15, 0.2) is 83.1 Å². The van der Waals surface area contributed by atoms with Gasteiger partial charge in [-0.15, -0.1) is 0 Å². The normalized spacial score (nSPS) is 24.4. The maximum atomic E-state index is 14.7. The van der Waals surface area contributed by atoms with E-state index in [-0.39, 0.29) is 17.8 Å². The Hall–Kier alpha value is -4.97. The van der Waals surface area contributed by atoms with Gasteiger partial charge in [-0.05, 0) is 18.1 Å². The molecule has 3 aliphatic heterocycles. The molecule has 0 saturated carbocycles. The van der Waals surface area contributed by atoms with Gasteiger partial charge in [-0.25, -0.2) is 19.2 Å². The molecule has 2 aromatic carbocycles. The van der Waals surface area contributed by atoms with Gasteiger partial charge in [-0.1, -0.05) is 60.7 Å². The Bertz CT molecular complexity index is 1550. The number of carbonyl (C=O) groups is 5. The van der Waals surface area contributed by atoms with Gasteiger partial charge in [0.1, 0.15) is 11.1 Å². The number of rotatable bonds is 7. The number of amides is 1. The number of nitrogens with zero attached hydrogens (tertiary/aromatic N) is 2. The zero-order chi connectivity index (χ0) is 30.4. The molecule has 1 fully saturated rings. The van der Waals surface area contributed by atoms with E-state index in [4.69, 9.17) is 23.7 Å². The lowest BCUT2D eigenvalue weighted by molar-refractivity contribution is -0.205. The highest BCUT2D eigenvalue weighted by atomic mass is 16.6. The van der Waals surface area contributed by atoms with E-state index in [2.05, 4.69) is 0 Å². The first-order valence-corrected chi connectivity index (χ1v) is 12.8. The largest absolute Gasteiger partial charge is 0.466 e. The Morgan fingerprint density at radius 3 is 1.88 bits per heavy atom. The molecule has 0 aromatic heterocycles. The second-order valence-electron chi connectivity index (χ2n) is 9.67. The van der Waals surface area contributed by atoms with E-state index < -0.39 is 58.4 Å². The Morgan fingerprint density at radius 2 is 1.33 bits per heavy atom. The van der Waals surface area contributed by atoms with E-state index >= 15 is 0 Å². The van der Waals surface area contributed by atoms with Crippen LogP contribution in [0, 0.1) is 0 Å². The third-order valence-electron chi connectivity index (χ3n) is 7.72. The van der Waals surface area contributed by atoms with Crippen molar-refractivity contribution >= 4 is 29.8 Å². The average molecular weight is 577 g/mol. The summed E-state index contributed by atoms with van der Waals surface area (Å²) >= 11 is 0. The summed E-state index contributed by atoms with van der Waals surface area (Å²) in [6, 6.07) is 16.2. The van der Waals surface area contributed by atoms with Crippen LogP contribution in [0.4, 0.5) is 0 Å². The van der Waals surface area contributed by atoms with E-state index in [9.17, 15) is 24.0 Å². The molecule has 0 radical (unpaired) electrons. The molecular formula is C30H28N2O10. The Balaban J connectivity index is 1.96.